The lowest BCUT2D eigenvalue weighted by atomic mass is 10.0. The number of amides is 4. The van der Waals surface area contributed by atoms with Gasteiger partial charge in [0.05, 0.1) is 12.1 Å². The number of aliphatic carboxylic acids is 2. The van der Waals surface area contributed by atoms with Crippen molar-refractivity contribution in [2.24, 2.45) is 11.5 Å². The van der Waals surface area contributed by atoms with E-state index >= 15 is 0 Å². The van der Waals surface area contributed by atoms with Gasteiger partial charge in [-0.3, -0.25) is 24.0 Å². The molecule has 0 bridgehead atoms. The molecule has 0 aliphatic carbocycles. The number of carbonyl (C=O) groups is 6. The van der Waals surface area contributed by atoms with Crippen LogP contribution in [0.5, 0.6) is 0 Å². The number of nitrogens with two attached hydrogens (primary N) is 2. The van der Waals surface area contributed by atoms with Crippen LogP contribution in [0.2, 0.25) is 0 Å². The molecule has 0 rings (SSSR count). The predicted octanol–water partition coefficient (Wildman–Crippen LogP) is 3.64. The normalized spacial score (nSPS) is 12.8. The molecule has 0 aromatic heterocycles. The quantitative estimate of drug-likeness (QED) is 0.0450. The fourth-order valence-corrected chi connectivity index (χ4v) is 5.41. The Balaban J connectivity index is 3.87. The zero-order chi connectivity index (χ0) is 37.4. The SMILES string of the molecule is CCCNC(=O)[C@@H](N)CCCCNC(=O)[C@@H](N)CCCCNC(=O)CC[C@H](NC(=O)CCCCCCCCCCCCCCC(=O)O)C(=O)O. The summed E-state index contributed by atoms with van der Waals surface area (Å²) in [5.41, 5.74) is 11.8. The summed E-state index contributed by atoms with van der Waals surface area (Å²) < 4.78 is 0. The summed E-state index contributed by atoms with van der Waals surface area (Å²) in [6.45, 7) is 3.40. The van der Waals surface area contributed by atoms with Gasteiger partial charge in [0.1, 0.15) is 6.04 Å². The van der Waals surface area contributed by atoms with Crippen molar-refractivity contribution in [2.75, 3.05) is 19.6 Å². The lowest BCUT2D eigenvalue weighted by Crippen LogP contribution is -2.42. The third kappa shape index (κ3) is 28.6. The molecule has 0 aromatic rings. The van der Waals surface area contributed by atoms with E-state index in [2.05, 4.69) is 21.3 Å². The molecule has 4 amide bonds. The lowest BCUT2D eigenvalue weighted by Gasteiger charge is -2.15. The second-order valence-electron chi connectivity index (χ2n) is 13.3. The molecular formula is C36H68N6O8. The van der Waals surface area contributed by atoms with E-state index in [0.29, 0.717) is 64.6 Å². The molecule has 0 spiro atoms. The molecule has 0 unspecified atom stereocenters. The first-order valence-corrected chi connectivity index (χ1v) is 19.0. The molecule has 0 aromatic carbocycles. The summed E-state index contributed by atoms with van der Waals surface area (Å²) in [4.78, 5) is 70.6. The summed E-state index contributed by atoms with van der Waals surface area (Å²) in [7, 11) is 0. The number of carbonyl (C=O) groups excluding carboxylic acids is 4. The van der Waals surface area contributed by atoms with Gasteiger partial charge in [-0.2, -0.15) is 0 Å². The molecule has 10 N–H and O–H groups in total. The second-order valence-corrected chi connectivity index (χ2v) is 13.3. The Morgan fingerprint density at radius 1 is 0.500 bits per heavy atom. The maximum Gasteiger partial charge on any atom is 0.326 e. The maximum atomic E-state index is 12.3. The molecule has 0 radical (unpaired) electrons. The fraction of sp³-hybridized carbons (Fsp3) is 0.833. The van der Waals surface area contributed by atoms with E-state index in [1.807, 2.05) is 6.92 Å². The summed E-state index contributed by atoms with van der Waals surface area (Å²) in [5.74, 6) is -2.92. The number of hydrogen-bond acceptors (Lipinski definition) is 8. The molecule has 14 heteroatoms. The minimum absolute atomic E-state index is 0.00171. The minimum atomic E-state index is -1.17. The second kappa shape index (κ2) is 31.7. The molecule has 0 aliphatic rings. The standard InChI is InChI=1S/C36H68N6O8/c1-2-25-40-34(47)28(37)20-16-18-27-41-35(48)29(38)19-15-17-26-39-31(43)24-23-30(36(49)50)42-32(44)21-13-11-9-7-5-3-4-6-8-10-12-14-22-33(45)46/h28-30H,2-27,37-38H2,1H3,(H,39,43)(H,40,47)(H,41,48)(H,42,44)(H,45,46)(H,49,50)/t28-,29-,30-/m0/s1. The molecule has 14 nitrogen and oxygen atoms in total. The highest BCUT2D eigenvalue weighted by molar-refractivity contribution is 5.84. The Bertz CT molecular complexity index is 967. The third-order valence-corrected chi connectivity index (χ3v) is 8.57. The lowest BCUT2D eigenvalue weighted by molar-refractivity contribution is -0.142. The molecule has 0 aliphatic heterocycles. The number of carboxylic acid groups (broad SMARTS) is 2. The van der Waals surface area contributed by atoms with Crippen molar-refractivity contribution in [3.8, 4) is 0 Å². The maximum absolute atomic E-state index is 12.3. The van der Waals surface area contributed by atoms with Gasteiger partial charge >= 0.3 is 11.9 Å². The first-order valence-electron chi connectivity index (χ1n) is 19.0. The first-order chi connectivity index (χ1) is 24.0. The van der Waals surface area contributed by atoms with Gasteiger partial charge in [-0.1, -0.05) is 71.1 Å². The number of hydrogen-bond donors (Lipinski definition) is 8. The number of rotatable bonds is 34. The number of carboxylic acids is 2. The van der Waals surface area contributed by atoms with Crippen molar-refractivity contribution >= 4 is 35.6 Å². The summed E-state index contributed by atoms with van der Waals surface area (Å²) in [6.07, 6.45) is 17.4. The van der Waals surface area contributed by atoms with Gasteiger partial charge < -0.3 is 42.9 Å². The van der Waals surface area contributed by atoms with Crippen LogP contribution in [-0.4, -0.2) is 83.5 Å². The van der Waals surface area contributed by atoms with Crippen LogP contribution >= 0.6 is 0 Å². The number of nitrogens with one attached hydrogen (secondary N) is 4. The van der Waals surface area contributed by atoms with E-state index in [9.17, 15) is 33.9 Å². The van der Waals surface area contributed by atoms with Crippen LogP contribution in [0.3, 0.4) is 0 Å². The van der Waals surface area contributed by atoms with Gasteiger partial charge in [0.25, 0.3) is 0 Å². The van der Waals surface area contributed by atoms with Crippen LogP contribution in [0.25, 0.3) is 0 Å². The van der Waals surface area contributed by atoms with E-state index in [1.54, 1.807) is 0 Å². The Labute approximate surface area is 299 Å². The highest BCUT2D eigenvalue weighted by Crippen LogP contribution is 2.13. The third-order valence-electron chi connectivity index (χ3n) is 8.57. The van der Waals surface area contributed by atoms with Crippen molar-refractivity contribution in [1.29, 1.82) is 0 Å². The summed E-state index contributed by atoms with van der Waals surface area (Å²) >= 11 is 0. The molecule has 290 valence electrons. The van der Waals surface area contributed by atoms with E-state index in [0.717, 1.165) is 57.8 Å². The minimum Gasteiger partial charge on any atom is -0.481 e. The van der Waals surface area contributed by atoms with Crippen molar-refractivity contribution in [2.45, 2.75) is 173 Å². The molecule has 0 fully saturated rings. The number of unbranched alkanes of at least 4 members (excludes halogenated alkanes) is 13. The van der Waals surface area contributed by atoms with Gasteiger partial charge in [-0.05, 0) is 64.2 Å². The van der Waals surface area contributed by atoms with E-state index < -0.39 is 30.1 Å². The highest BCUT2D eigenvalue weighted by atomic mass is 16.4. The Morgan fingerprint density at radius 2 is 0.940 bits per heavy atom. The van der Waals surface area contributed by atoms with E-state index in [4.69, 9.17) is 16.6 Å². The highest BCUT2D eigenvalue weighted by Gasteiger charge is 2.21. The zero-order valence-corrected chi connectivity index (χ0v) is 30.6. The smallest absolute Gasteiger partial charge is 0.326 e. The van der Waals surface area contributed by atoms with Gasteiger partial charge in [0, 0.05) is 38.9 Å². The molecule has 0 heterocycles. The van der Waals surface area contributed by atoms with Crippen LogP contribution in [0, 0.1) is 0 Å². The molecular weight excluding hydrogens is 644 g/mol. The average molecular weight is 713 g/mol. The van der Waals surface area contributed by atoms with Gasteiger partial charge in [-0.25, -0.2) is 4.79 Å². The van der Waals surface area contributed by atoms with Crippen molar-refractivity contribution in [3.05, 3.63) is 0 Å². The Kier molecular flexibility index (Phi) is 29.6. The van der Waals surface area contributed by atoms with Crippen LogP contribution in [0.4, 0.5) is 0 Å². The summed E-state index contributed by atoms with van der Waals surface area (Å²) in [5, 5.41) is 29.0. The van der Waals surface area contributed by atoms with E-state index in [1.165, 1.54) is 19.3 Å². The fourth-order valence-electron chi connectivity index (χ4n) is 5.41. The van der Waals surface area contributed by atoms with Crippen LogP contribution in [0.1, 0.15) is 155 Å². The molecule has 50 heavy (non-hydrogen) atoms. The van der Waals surface area contributed by atoms with Gasteiger partial charge in [0.15, 0.2) is 0 Å². The van der Waals surface area contributed by atoms with E-state index in [-0.39, 0.29) is 49.3 Å². The topological polar surface area (TPSA) is 243 Å². The largest absolute Gasteiger partial charge is 0.481 e. The van der Waals surface area contributed by atoms with Crippen LogP contribution < -0.4 is 32.7 Å². The van der Waals surface area contributed by atoms with Gasteiger partial charge in [0.2, 0.25) is 23.6 Å². The first kappa shape index (κ1) is 46.7. The van der Waals surface area contributed by atoms with Gasteiger partial charge in [-0.15, -0.1) is 0 Å². The Hall–Kier alpha value is -3.26. The predicted molar refractivity (Wildman–Crippen MR) is 194 cm³/mol. The van der Waals surface area contributed by atoms with Crippen molar-refractivity contribution < 1.29 is 39.0 Å². The molecule has 0 saturated carbocycles. The Morgan fingerprint density at radius 3 is 1.40 bits per heavy atom. The van der Waals surface area contributed by atoms with Crippen molar-refractivity contribution in [3.63, 3.8) is 0 Å². The van der Waals surface area contributed by atoms with Crippen molar-refractivity contribution in [1.82, 2.24) is 21.3 Å². The average Bonchev–Trinajstić information content (AvgIpc) is 3.08. The zero-order valence-electron chi connectivity index (χ0n) is 30.6. The summed E-state index contributed by atoms with van der Waals surface area (Å²) in [6, 6.07) is -2.34. The molecule has 0 saturated heterocycles. The monoisotopic (exact) mass is 713 g/mol. The van der Waals surface area contributed by atoms with Crippen LogP contribution in [-0.2, 0) is 28.8 Å². The molecule has 3 atom stereocenters. The van der Waals surface area contributed by atoms with Crippen LogP contribution in [0.15, 0.2) is 0 Å².